The molecule has 0 saturated carbocycles. The molecule has 4 aromatic carbocycles. The van der Waals surface area contributed by atoms with Gasteiger partial charge >= 0.3 is 5.97 Å². The highest BCUT2D eigenvalue weighted by Gasteiger charge is 2.31. The van der Waals surface area contributed by atoms with Crippen molar-refractivity contribution in [1.29, 1.82) is 5.26 Å². The van der Waals surface area contributed by atoms with Crippen molar-refractivity contribution in [3.8, 4) is 23.3 Å². The van der Waals surface area contributed by atoms with E-state index in [9.17, 15) is 14.4 Å². The molecular weight excluding hydrogens is 483 g/mol. The Morgan fingerprint density at radius 3 is 2.34 bits per heavy atom. The Kier molecular flexibility index (Phi) is 7.05. The van der Waals surface area contributed by atoms with Crippen molar-refractivity contribution >= 4 is 5.97 Å². The first kappa shape index (κ1) is 24.6. The molecule has 0 aliphatic carbocycles. The van der Waals surface area contributed by atoms with Crippen LogP contribution in [0, 0.1) is 17.1 Å². The maximum Gasteiger partial charge on any atom is 0.315 e. The maximum absolute atomic E-state index is 13.1. The molecule has 188 valence electrons. The molecule has 1 aliphatic heterocycles. The minimum absolute atomic E-state index is 0.00519. The summed E-state index contributed by atoms with van der Waals surface area (Å²) in [4.78, 5) is 12.4. The Hall–Kier alpha value is -5.09. The molecule has 0 radical (unpaired) electrons. The van der Waals surface area contributed by atoms with E-state index in [1.54, 1.807) is 42.5 Å². The van der Waals surface area contributed by atoms with E-state index >= 15 is 0 Å². The number of esters is 1. The molecular formula is C31H23FN2O4. The highest BCUT2D eigenvalue weighted by Crippen LogP contribution is 2.43. The third-order valence-corrected chi connectivity index (χ3v) is 6.15. The van der Waals surface area contributed by atoms with E-state index < -0.39 is 11.9 Å². The number of halogens is 1. The van der Waals surface area contributed by atoms with Crippen LogP contribution in [0.4, 0.5) is 4.39 Å². The van der Waals surface area contributed by atoms with Gasteiger partial charge in [0.1, 0.15) is 41.3 Å². The smallest absolute Gasteiger partial charge is 0.315 e. The van der Waals surface area contributed by atoms with Crippen LogP contribution < -0.4 is 19.9 Å². The lowest BCUT2D eigenvalue weighted by molar-refractivity contribution is -0.133. The normalized spacial score (nSPS) is 14.2. The van der Waals surface area contributed by atoms with Crippen LogP contribution in [0.5, 0.6) is 17.2 Å². The summed E-state index contributed by atoms with van der Waals surface area (Å²) in [7, 11) is 0. The summed E-state index contributed by atoms with van der Waals surface area (Å²) >= 11 is 0. The number of carbonyl (C=O) groups excluding carboxylic acids is 1. The lowest BCUT2D eigenvalue weighted by Crippen LogP contribution is -2.21. The van der Waals surface area contributed by atoms with Crippen LogP contribution >= 0.6 is 0 Å². The molecule has 0 aromatic heterocycles. The highest BCUT2D eigenvalue weighted by molar-refractivity contribution is 5.75. The molecule has 0 fully saturated rings. The molecule has 0 bridgehead atoms. The first-order chi connectivity index (χ1) is 18.5. The quantitative estimate of drug-likeness (QED) is 0.253. The van der Waals surface area contributed by atoms with Crippen LogP contribution in [-0.2, 0) is 17.8 Å². The summed E-state index contributed by atoms with van der Waals surface area (Å²) in [5.74, 6) is 0.183. The number of benzene rings is 4. The zero-order chi connectivity index (χ0) is 26.5. The third-order valence-electron chi connectivity index (χ3n) is 6.15. The molecule has 4 aromatic rings. The fourth-order valence-electron chi connectivity index (χ4n) is 4.28. The van der Waals surface area contributed by atoms with E-state index in [1.165, 1.54) is 12.1 Å². The largest absolute Gasteiger partial charge is 0.489 e. The summed E-state index contributed by atoms with van der Waals surface area (Å²) in [5.41, 5.74) is 9.63. The third kappa shape index (κ3) is 5.50. The molecule has 1 unspecified atom stereocenters. The molecule has 1 heterocycles. The van der Waals surface area contributed by atoms with Gasteiger partial charge in [-0.15, -0.1) is 0 Å². The topological polar surface area (TPSA) is 94.6 Å². The average Bonchev–Trinajstić information content (AvgIpc) is 2.93. The van der Waals surface area contributed by atoms with E-state index in [1.807, 2.05) is 42.5 Å². The molecule has 5 rings (SSSR count). The average molecular weight is 507 g/mol. The number of rotatable bonds is 7. The summed E-state index contributed by atoms with van der Waals surface area (Å²) in [6.07, 6.45) is 0.137. The molecule has 1 atom stereocenters. The van der Waals surface area contributed by atoms with Gasteiger partial charge in [0.05, 0.1) is 12.3 Å². The summed E-state index contributed by atoms with van der Waals surface area (Å²) in [6.45, 7) is 0.293. The number of carbonyl (C=O) groups is 1. The molecule has 0 spiro atoms. The minimum atomic E-state index is -0.469. The molecule has 38 heavy (non-hydrogen) atoms. The van der Waals surface area contributed by atoms with E-state index in [4.69, 9.17) is 19.9 Å². The van der Waals surface area contributed by atoms with E-state index in [0.29, 0.717) is 23.9 Å². The predicted octanol–water partition coefficient (Wildman–Crippen LogP) is 5.77. The van der Waals surface area contributed by atoms with E-state index in [-0.39, 0.29) is 23.7 Å². The first-order valence-electron chi connectivity index (χ1n) is 11.9. The van der Waals surface area contributed by atoms with Gasteiger partial charge in [0, 0.05) is 11.6 Å². The van der Waals surface area contributed by atoms with Crippen molar-refractivity contribution in [2.45, 2.75) is 18.9 Å². The van der Waals surface area contributed by atoms with Crippen molar-refractivity contribution in [3.05, 3.63) is 137 Å². The Balaban J connectivity index is 1.34. The summed E-state index contributed by atoms with van der Waals surface area (Å²) < 4.78 is 30.2. The molecule has 2 N–H and O–H groups in total. The Labute approximate surface area is 219 Å². The van der Waals surface area contributed by atoms with Gasteiger partial charge in [0.2, 0.25) is 5.88 Å². The number of nitrogens with zero attached hydrogens (tertiary/aromatic N) is 1. The number of hydrogen-bond donors (Lipinski definition) is 1. The zero-order valence-electron chi connectivity index (χ0n) is 20.3. The van der Waals surface area contributed by atoms with E-state index in [2.05, 4.69) is 6.07 Å². The first-order valence-corrected chi connectivity index (χ1v) is 11.9. The van der Waals surface area contributed by atoms with Gasteiger partial charge in [-0.1, -0.05) is 60.7 Å². The van der Waals surface area contributed by atoms with Gasteiger partial charge < -0.3 is 19.9 Å². The Morgan fingerprint density at radius 1 is 0.921 bits per heavy atom. The molecule has 6 nitrogen and oxygen atoms in total. The fraction of sp³-hybridized carbons (Fsp3) is 0.0968. The van der Waals surface area contributed by atoms with Crippen molar-refractivity contribution in [1.82, 2.24) is 0 Å². The summed E-state index contributed by atoms with van der Waals surface area (Å²) in [5, 5.41) is 9.83. The highest BCUT2D eigenvalue weighted by atomic mass is 19.1. The van der Waals surface area contributed by atoms with Crippen LogP contribution in [0.2, 0.25) is 0 Å². The van der Waals surface area contributed by atoms with Gasteiger partial charge in [-0.25, -0.2) is 4.39 Å². The maximum atomic E-state index is 13.1. The number of fused-ring (bicyclic) bond motifs is 1. The minimum Gasteiger partial charge on any atom is -0.489 e. The Bertz CT molecular complexity index is 1530. The second-order valence-electron chi connectivity index (χ2n) is 8.75. The van der Waals surface area contributed by atoms with Crippen LogP contribution in [0.1, 0.15) is 28.2 Å². The lowest BCUT2D eigenvalue weighted by atomic mass is 9.83. The second-order valence-corrected chi connectivity index (χ2v) is 8.75. The Morgan fingerprint density at radius 2 is 1.63 bits per heavy atom. The van der Waals surface area contributed by atoms with Crippen molar-refractivity contribution in [3.63, 3.8) is 0 Å². The van der Waals surface area contributed by atoms with Crippen molar-refractivity contribution in [2.75, 3.05) is 0 Å². The van der Waals surface area contributed by atoms with Crippen molar-refractivity contribution < 1.29 is 23.4 Å². The monoisotopic (exact) mass is 506 g/mol. The van der Waals surface area contributed by atoms with Crippen LogP contribution in [0.25, 0.3) is 0 Å². The van der Waals surface area contributed by atoms with Gasteiger partial charge in [0.25, 0.3) is 0 Å². The molecule has 1 aliphatic rings. The predicted molar refractivity (Wildman–Crippen MR) is 139 cm³/mol. The summed E-state index contributed by atoms with van der Waals surface area (Å²) in [6, 6.07) is 30.0. The number of nitriles is 1. The van der Waals surface area contributed by atoms with Crippen LogP contribution in [-0.4, -0.2) is 5.97 Å². The van der Waals surface area contributed by atoms with Crippen LogP contribution in [0.3, 0.4) is 0 Å². The van der Waals surface area contributed by atoms with Gasteiger partial charge in [-0.05, 0) is 47.0 Å². The number of ether oxygens (including phenoxy) is 3. The van der Waals surface area contributed by atoms with Crippen molar-refractivity contribution in [2.24, 2.45) is 5.73 Å². The number of hydrogen-bond acceptors (Lipinski definition) is 6. The van der Waals surface area contributed by atoms with Gasteiger partial charge in [-0.3, -0.25) is 4.79 Å². The molecule has 0 saturated heterocycles. The second kappa shape index (κ2) is 10.9. The zero-order valence-corrected chi connectivity index (χ0v) is 20.3. The van der Waals surface area contributed by atoms with Crippen LogP contribution in [0.15, 0.2) is 109 Å². The van der Waals surface area contributed by atoms with Gasteiger partial charge in [0.15, 0.2) is 0 Å². The number of allylic oxidation sites excluding steroid dienone is 1. The standard InChI is InChI=1S/C31H23FN2O4/c32-23-10-6-21(7-11-23)19-36-24-12-8-22(9-13-24)30-26-15-14-25(17-28(26)38-31(34)27(30)18-33)37-29(35)16-20-4-2-1-3-5-20/h1-15,17,30H,16,19,34H2. The van der Waals surface area contributed by atoms with Gasteiger partial charge in [-0.2, -0.15) is 5.26 Å². The van der Waals surface area contributed by atoms with E-state index in [0.717, 1.165) is 22.3 Å². The molecule has 7 heteroatoms. The molecule has 0 amide bonds. The number of nitrogens with two attached hydrogens (primary N) is 1. The lowest BCUT2D eigenvalue weighted by Gasteiger charge is -2.26. The SMILES string of the molecule is N#CC1=C(N)Oc2cc(OC(=O)Cc3ccccc3)ccc2C1c1ccc(OCc2ccc(F)cc2)cc1. The fourth-order valence-corrected chi connectivity index (χ4v) is 4.28.